The van der Waals surface area contributed by atoms with Crippen molar-refractivity contribution in [2.75, 3.05) is 0 Å². The lowest BCUT2D eigenvalue weighted by Gasteiger charge is -2.15. The molecule has 6 heteroatoms. The Hall–Kier alpha value is 0.0900. The van der Waals surface area contributed by atoms with Gasteiger partial charge in [-0.05, 0) is 40.2 Å². The van der Waals surface area contributed by atoms with Gasteiger partial charge in [-0.15, -0.1) is 11.3 Å². The number of hydrogen-bond donors (Lipinski definition) is 1. The van der Waals surface area contributed by atoms with Crippen LogP contribution in [0, 0.1) is 0 Å². The molecule has 0 fully saturated rings. The van der Waals surface area contributed by atoms with Gasteiger partial charge in [0, 0.05) is 10.5 Å². The number of nitrogens with one attached hydrogen (secondary N) is 1. The average Bonchev–Trinajstić information content (AvgIpc) is 2.64. The van der Waals surface area contributed by atoms with E-state index in [0.29, 0.717) is 8.68 Å². The molecule has 0 aliphatic heterocycles. The molecule has 1 unspecified atom stereocenters. The van der Waals surface area contributed by atoms with Crippen LogP contribution in [0.4, 0.5) is 0 Å². The summed E-state index contributed by atoms with van der Waals surface area (Å²) in [7, 11) is -3.36. The highest BCUT2D eigenvalue weighted by Gasteiger charge is 2.22. The van der Waals surface area contributed by atoms with Crippen molar-refractivity contribution in [3.63, 3.8) is 0 Å². The van der Waals surface area contributed by atoms with E-state index in [0.717, 1.165) is 19.3 Å². The molecule has 1 aromatic heterocycles. The van der Waals surface area contributed by atoms with E-state index in [2.05, 4.69) is 27.6 Å². The van der Waals surface area contributed by atoms with Gasteiger partial charge in [0.25, 0.3) is 10.0 Å². The van der Waals surface area contributed by atoms with E-state index in [4.69, 9.17) is 0 Å². The zero-order valence-corrected chi connectivity index (χ0v) is 12.6. The van der Waals surface area contributed by atoms with Gasteiger partial charge >= 0.3 is 0 Å². The molecular weight excluding hydrogens is 310 g/mol. The van der Waals surface area contributed by atoms with E-state index in [9.17, 15) is 8.42 Å². The number of halogens is 1. The molecular formula is C10H16BrNO2S2. The van der Waals surface area contributed by atoms with Crippen LogP contribution >= 0.6 is 27.3 Å². The maximum atomic E-state index is 12.0. The highest BCUT2D eigenvalue weighted by Crippen LogP contribution is 2.27. The standard InChI is InChI=1S/C10H16BrNO2S2/c1-3-5-8(4-2)12-16(13,14)10-9(11)6-7-15-10/h6-8,12H,3-5H2,1-2H3. The molecule has 0 radical (unpaired) electrons. The molecule has 1 N–H and O–H groups in total. The fraction of sp³-hybridized carbons (Fsp3) is 0.600. The smallest absolute Gasteiger partial charge is 0.207 e. The summed E-state index contributed by atoms with van der Waals surface area (Å²) in [6.07, 6.45) is 2.67. The van der Waals surface area contributed by atoms with Crippen molar-refractivity contribution in [1.82, 2.24) is 4.72 Å². The van der Waals surface area contributed by atoms with Crippen LogP contribution < -0.4 is 4.72 Å². The van der Waals surface area contributed by atoms with Gasteiger partial charge in [0.15, 0.2) is 0 Å². The summed E-state index contributed by atoms with van der Waals surface area (Å²) >= 11 is 4.47. The first-order chi connectivity index (χ1) is 7.51. The van der Waals surface area contributed by atoms with Crippen molar-refractivity contribution in [3.05, 3.63) is 15.9 Å². The second-order valence-electron chi connectivity index (χ2n) is 3.57. The van der Waals surface area contributed by atoms with Crippen LogP contribution in [0.1, 0.15) is 33.1 Å². The zero-order valence-electron chi connectivity index (χ0n) is 9.36. The first-order valence-electron chi connectivity index (χ1n) is 5.26. The molecule has 0 aromatic carbocycles. The monoisotopic (exact) mass is 325 g/mol. The quantitative estimate of drug-likeness (QED) is 0.871. The molecule has 0 bridgehead atoms. The Morgan fingerprint density at radius 2 is 2.19 bits per heavy atom. The molecule has 1 rings (SSSR count). The van der Waals surface area contributed by atoms with E-state index in [1.54, 1.807) is 11.4 Å². The summed E-state index contributed by atoms with van der Waals surface area (Å²) < 4.78 is 27.8. The van der Waals surface area contributed by atoms with Crippen molar-refractivity contribution in [3.8, 4) is 0 Å². The first kappa shape index (κ1) is 14.2. The minimum Gasteiger partial charge on any atom is -0.207 e. The van der Waals surface area contributed by atoms with Gasteiger partial charge in [-0.2, -0.15) is 0 Å². The first-order valence-corrected chi connectivity index (χ1v) is 8.42. The molecule has 16 heavy (non-hydrogen) atoms. The third-order valence-electron chi connectivity index (χ3n) is 2.28. The van der Waals surface area contributed by atoms with Gasteiger partial charge in [-0.25, -0.2) is 13.1 Å². The second kappa shape index (κ2) is 6.14. The van der Waals surface area contributed by atoms with Gasteiger partial charge in [0.05, 0.1) is 0 Å². The van der Waals surface area contributed by atoms with Gasteiger partial charge in [-0.1, -0.05) is 20.3 Å². The molecule has 92 valence electrons. The van der Waals surface area contributed by atoms with Gasteiger partial charge < -0.3 is 0 Å². The molecule has 0 spiro atoms. The van der Waals surface area contributed by atoms with Crippen LogP contribution in [0.5, 0.6) is 0 Å². The lowest BCUT2D eigenvalue weighted by Crippen LogP contribution is -2.33. The average molecular weight is 326 g/mol. The minimum atomic E-state index is -3.36. The predicted octanol–water partition coefficient (Wildman–Crippen LogP) is 3.37. The van der Waals surface area contributed by atoms with E-state index < -0.39 is 10.0 Å². The summed E-state index contributed by atoms with van der Waals surface area (Å²) in [5, 5.41) is 1.76. The third-order valence-corrected chi connectivity index (χ3v) is 6.47. The maximum absolute atomic E-state index is 12.0. The molecule has 1 heterocycles. The largest absolute Gasteiger partial charge is 0.251 e. The normalized spacial score (nSPS) is 13.9. The topological polar surface area (TPSA) is 46.2 Å². The minimum absolute atomic E-state index is 0.0315. The van der Waals surface area contributed by atoms with E-state index in [1.165, 1.54) is 11.3 Å². The van der Waals surface area contributed by atoms with Crippen molar-refractivity contribution in [2.24, 2.45) is 0 Å². The number of hydrogen-bond acceptors (Lipinski definition) is 3. The van der Waals surface area contributed by atoms with Gasteiger partial charge in [-0.3, -0.25) is 0 Å². The Morgan fingerprint density at radius 1 is 1.50 bits per heavy atom. The van der Waals surface area contributed by atoms with Crippen molar-refractivity contribution in [1.29, 1.82) is 0 Å². The Balaban J connectivity index is 2.83. The van der Waals surface area contributed by atoms with Crippen LogP contribution in [0.25, 0.3) is 0 Å². The SMILES string of the molecule is CCCC(CC)NS(=O)(=O)c1sccc1Br. The van der Waals surface area contributed by atoms with E-state index >= 15 is 0 Å². The molecule has 0 aliphatic carbocycles. The molecule has 0 amide bonds. The second-order valence-corrected chi connectivity index (χ2v) is 7.25. The summed E-state index contributed by atoms with van der Waals surface area (Å²) in [5.74, 6) is 0. The Kier molecular flexibility index (Phi) is 5.43. The Morgan fingerprint density at radius 3 is 2.62 bits per heavy atom. The summed E-state index contributed by atoms with van der Waals surface area (Å²) in [4.78, 5) is 0. The Bertz CT molecular complexity index is 428. The fourth-order valence-corrected chi connectivity index (χ4v) is 5.15. The third kappa shape index (κ3) is 3.55. The molecule has 1 atom stereocenters. The highest BCUT2D eigenvalue weighted by atomic mass is 79.9. The number of rotatable bonds is 6. The summed E-state index contributed by atoms with van der Waals surface area (Å²) in [5.41, 5.74) is 0. The van der Waals surface area contributed by atoms with E-state index in [1.807, 2.05) is 6.92 Å². The molecule has 3 nitrogen and oxygen atoms in total. The van der Waals surface area contributed by atoms with Crippen molar-refractivity contribution in [2.45, 2.75) is 43.4 Å². The van der Waals surface area contributed by atoms with Crippen LogP contribution in [0.3, 0.4) is 0 Å². The van der Waals surface area contributed by atoms with E-state index in [-0.39, 0.29) is 6.04 Å². The van der Waals surface area contributed by atoms with Crippen LogP contribution in [0.2, 0.25) is 0 Å². The molecule has 0 saturated carbocycles. The number of sulfonamides is 1. The van der Waals surface area contributed by atoms with Crippen LogP contribution in [0.15, 0.2) is 20.1 Å². The maximum Gasteiger partial charge on any atom is 0.251 e. The van der Waals surface area contributed by atoms with Crippen LogP contribution in [-0.2, 0) is 10.0 Å². The zero-order chi connectivity index (χ0) is 12.2. The summed E-state index contributed by atoms with van der Waals surface area (Å²) in [6, 6.07) is 1.78. The summed E-state index contributed by atoms with van der Waals surface area (Å²) in [6.45, 7) is 4.05. The van der Waals surface area contributed by atoms with Gasteiger partial charge in [0.2, 0.25) is 0 Å². The number of thiophene rings is 1. The predicted molar refractivity (Wildman–Crippen MR) is 71.3 cm³/mol. The highest BCUT2D eigenvalue weighted by molar-refractivity contribution is 9.10. The molecule has 0 aliphatic rings. The lowest BCUT2D eigenvalue weighted by molar-refractivity contribution is 0.513. The Labute approximate surface area is 109 Å². The molecule has 0 saturated heterocycles. The molecule has 1 aromatic rings. The van der Waals surface area contributed by atoms with Crippen molar-refractivity contribution < 1.29 is 8.42 Å². The lowest BCUT2D eigenvalue weighted by atomic mass is 10.1. The van der Waals surface area contributed by atoms with Crippen LogP contribution in [-0.4, -0.2) is 14.5 Å². The van der Waals surface area contributed by atoms with Gasteiger partial charge in [0.1, 0.15) is 4.21 Å². The van der Waals surface area contributed by atoms with Crippen molar-refractivity contribution >= 4 is 37.3 Å². The fourth-order valence-electron chi connectivity index (χ4n) is 1.44.